The summed E-state index contributed by atoms with van der Waals surface area (Å²) in [5, 5.41) is 3.38. The second-order valence-corrected chi connectivity index (χ2v) is 6.52. The minimum atomic E-state index is 0.315. The summed E-state index contributed by atoms with van der Waals surface area (Å²) in [6.45, 7) is 3.32. The van der Waals surface area contributed by atoms with Crippen LogP contribution >= 0.6 is 0 Å². The number of nitrogens with zero attached hydrogens (tertiary/aromatic N) is 1. The van der Waals surface area contributed by atoms with Crippen LogP contribution < -0.4 is 10.2 Å². The number of nitrogens with one attached hydrogen (secondary N) is 1. The number of fused-ring (bicyclic) bond motifs is 1. The minimum absolute atomic E-state index is 0.315. The van der Waals surface area contributed by atoms with Crippen LogP contribution in [0.3, 0.4) is 0 Å². The van der Waals surface area contributed by atoms with Gasteiger partial charge in [-0.1, -0.05) is 12.1 Å². The Bertz CT molecular complexity index is 506. The lowest BCUT2D eigenvalue weighted by atomic mass is 9.90. The van der Waals surface area contributed by atoms with E-state index in [1.54, 1.807) is 0 Å². The van der Waals surface area contributed by atoms with Gasteiger partial charge in [0.1, 0.15) is 0 Å². The molecule has 21 heavy (non-hydrogen) atoms. The topological polar surface area (TPSA) is 32.3 Å². The average molecular weight is 286 g/mol. The van der Waals surface area contributed by atoms with Gasteiger partial charge in [-0.15, -0.1) is 0 Å². The summed E-state index contributed by atoms with van der Waals surface area (Å²) in [7, 11) is 2.13. The van der Waals surface area contributed by atoms with Gasteiger partial charge in [0.15, 0.2) is 5.78 Å². The smallest absolute Gasteiger partial charge is 0.162 e. The van der Waals surface area contributed by atoms with Crippen molar-refractivity contribution >= 4 is 11.5 Å². The third-order valence-corrected chi connectivity index (χ3v) is 5.00. The molecule has 0 saturated carbocycles. The molecule has 1 saturated heterocycles. The van der Waals surface area contributed by atoms with E-state index >= 15 is 0 Å². The van der Waals surface area contributed by atoms with Crippen molar-refractivity contribution in [3.8, 4) is 0 Å². The summed E-state index contributed by atoms with van der Waals surface area (Å²) in [4.78, 5) is 14.7. The average Bonchev–Trinajstić information content (AvgIpc) is 2.54. The van der Waals surface area contributed by atoms with Crippen molar-refractivity contribution in [2.24, 2.45) is 5.92 Å². The Hall–Kier alpha value is -1.35. The molecule has 1 aromatic carbocycles. The van der Waals surface area contributed by atoms with E-state index in [-0.39, 0.29) is 0 Å². The fourth-order valence-corrected chi connectivity index (χ4v) is 3.58. The van der Waals surface area contributed by atoms with Gasteiger partial charge in [-0.3, -0.25) is 4.79 Å². The lowest BCUT2D eigenvalue weighted by molar-refractivity contribution is 0.0971. The molecule has 0 spiro atoms. The number of carbonyl (C=O) groups excluding carboxylic acids is 1. The highest BCUT2D eigenvalue weighted by Gasteiger charge is 2.18. The molecule has 0 atom stereocenters. The first kappa shape index (κ1) is 14.6. The highest BCUT2D eigenvalue weighted by molar-refractivity contribution is 5.97. The molecule has 1 N–H and O–H groups in total. The van der Waals surface area contributed by atoms with Crippen molar-refractivity contribution in [1.82, 2.24) is 5.32 Å². The van der Waals surface area contributed by atoms with Gasteiger partial charge in [-0.05, 0) is 62.7 Å². The van der Waals surface area contributed by atoms with Crippen LogP contribution in [0.5, 0.6) is 0 Å². The molecule has 0 aliphatic carbocycles. The summed E-state index contributed by atoms with van der Waals surface area (Å²) >= 11 is 0. The predicted octanol–water partition coefficient (Wildman–Crippen LogP) is 3.03. The lowest BCUT2D eigenvalue weighted by Crippen LogP contribution is -2.28. The van der Waals surface area contributed by atoms with Crippen LogP contribution in [0.4, 0.5) is 5.69 Å². The number of benzene rings is 1. The van der Waals surface area contributed by atoms with Gasteiger partial charge >= 0.3 is 0 Å². The SMILES string of the molecule is CN1CCCc2ccc(C(=O)CCC3CCNCC3)cc21. The zero-order valence-electron chi connectivity index (χ0n) is 13.0. The number of aryl methyl sites for hydroxylation is 1. The quantitative estimate of drug-likeness (QED) is 0.864. The van der Waals surface area contributed by atoms with Crippen LogP contribution in [0.15, 0.2) is 18.2 Å². The van der Waals surface area contributed by atoms with Crippen LogP contribution in [0.25, 0.3) is 0 Å². The van der Waals surface area contributed by atoms with E-state index in [1.807, 2.05) is 6.07 Å². The van der Waals surface area contributed by atoms with Crippen molar-refractivity contribution in [1.29, 1.82) is 0 Å². The van der Waals surface area contributed by atoms with Gasteiger partial charge in [0.05, 0.1) is 0 Å². The van der Waals surface area contributed by atoms with Crippen molar-refractivity contribution in [2.45, 2.75) is 38.5 Å². The maximum atomic E-state index is 12.4. The Kier molecular flexibility index (Phi) is 4.59. The monoisotopic (exact) mass is 286 g/mol. The fourth-order valence-electron chi connectivity index (χ4n) is 3.58. The Labute approximate surface area is 127 Å². The number of Topliss-reactive ketones (excluding diaryl/α,β-unsaturated/α-hetero) is 1. The lowest BCUT2D eigenvalue weighted by Gasteiger charge is -2.28. The Morgan fingerprint density at radius 2 is 2.14 bits per heavy atom. The molecule has 2 aliphatic heterocycles. The van der Waals surface area contributed by atoms with Gasteiger partial charge < -0.3 is 10.2 Å². The minimum Gasteiger partial charge on any atom is -0.374 e. The summed E-state index contributed by atoms with van der Waals surface area (Å²) < 4.78 is 0. The molecule has 1 fully saturated rings. The summed E-state index contributed by atoms with van der Waals surface area (Å²) in [6, 6.07) is 6.30. The molecule has 3 nitrogen and oxygen atoms in total. The molecule has 3 rings (SSSR count). The van der Waals surface area contributed by atoms with Gasteiger partial charge in [-0.25, -0.2) is 0 Å². The van der Waals surface area contributed by atoms with Gasteiger partial charge in [-0.2, -0.15) is 0 Å². The number of carbonyl (C=O) groups is 1. The van der Waals surface area contributed by atoms with Gasteiger partial charge in [0, 0.05) is 31.3 Å². The Morgan fingerprint density at radius 1 is 1.33 bits per heavy atom. The first-order chi connectivity index (χ1) is 10.2. The van der Waals surface area contributed by atoms with E-state index in [0.29, 0.717) is 12.2 Å². The number of hydrogen-bond donors (Lipinski definition) is 1. The maximum absolute atomic E-state index is 12.4. The highest BCUT2D eigenvalue weighted by Crippen LogP contribution is 2.28. The van der Waals surface area contributed by atoms with Crippen LogP contribution in [0, 0.1) is 5.92 Å². The molecule has 0 unspecified atom stereocenters. The Morgan fingerprint density at radius 3 is 2.95 bits per heavy atom. The number of rotatable bonds is 4. The van der Waals surface area contributed by atoms with Crippen LogP contribution in [-0.2, 0) is 6.42 Å². The summed E-state index contributed by atoms with van der Waals surface area (Å²) in [5.41, 5.74) is 3.55. The van der Waals surface area contributed by atoms with Gasteiger partial charge in [0.2, 0.25) is 0 Å². The molecule has 2 aliphatic rings. The number of ketones is 1. The van der Waals surface area contributed by atoms with Crippen molar-refractivity contribution in [3.05, 3.63) is 29.3 Å². The summed E-state index contributed by atoms with van der Waals surface area (Å²) in [6.07, 6.45) is 6.55. The van der Waals surface area contributed by atoms with E-state index in [0.717, 1.165) is 44.0 Å². The van der Waals surface area contributed by atoms with Crippen LogP contribution in [0.1, 0.15) is 48.0 Å². The van der Waals surface area contributed by atoms with E-state index in [1.165, 1.54) is 30.5 Å². The van der Waals surface area contributed by atoms with E-state index in [4.69, 9.17) is 0 Å². The highest BCUT2D eigenvalue weighted by atomic mass is 16.1. The molecular formula is C18H26N2O. The van der Waals surface area contributed by atoms with Crippen molar-refractivity contribution < 1.29 is 4.79 Å². The normalized spacial score (nSPS) is 19.4. The van der Waals surface area contributed by atoms with Crippen LogP contribution in [-0.4, -0.2) is 32.5 Å². The number of hydrogen-bond acceptors (Lipinski definition) is 3. The predicted molar refractivity (Wildman–Crippen MR) is 87.2 cm³/mol. The standard InChI is InChI=1S/C18H26N2O/c1-20-12-2-3-15-5-6-16(13-17(15)20)18(21)7-4-14-8-10-19-11-9-14/h5-6,13-14,19H,2-4,7-12H2,1H3. The molecular weight excluding hydrogens is 260 g/mol. The van der Waals surface area contributed by atoms with Crippen LogP contribution in [0.2, 0.25) is 0 Å². The van der Waals surface area contributed by atoms with Gasteiger partial charge in [0.25, 0.3) is 0 Å². The second-order valence-electron chi connectivity index (χ2n) is 6.52. The first-order valence-electron chi connectivity index (χ1n) is 8.32. The number of anilines is 1. The molecule has 2 heterocycles. The molecule has 0 amide bonds. The molecule has 0 aromatic heterocycles. The third kappa shape index (κ3) is 3.46. The van der Waals surface area contributed by atoms with Crippen molar-refractivity contribution in [2.75, 3.05) is 31.6 Å². The second kappa shape index (κ2) is 6.61. The van der Waals surface area contributed by atoms with Crippen molar-refractivity contribution in [3.63, 3.8) is 0 Å². The van der Waals surface area contributed by atoms with E-state index in [9.17, 15) is 4.79 Å². The first-order valence-corrected chi connectivity index (χ1v) is 8.32. The van der Waals surface area contributed by atoms with E-state index < -0.39 is 0 Å². The maximum Gasteiger partial charge on any atom is 0.162 e. The largest absolute Gasteiger partial charge is 0.374 e. The zero-order chi connectivity index (χ0) is 14.7. The number of piperidine rings is 1. The Balaban J connectivity index is 1.63. The molecule has 0 bridgehead atoms. The summed E-state index contributed by atoms with van der Waals surface area (Å²) in [5.74, 6) is 1.05. The third-order valence-electron chi connectivity index (χ3n) is 5.00. The molecule has 3 heteroatoms. The molecule has 114 valence electrons. The zero-order valence-corrected chi connectivity index (χ0v) is 13.0. The molecule has 0 radical (unpaired) electrons. The fraction of sp³-hybridized carbons (Fsp3) is 0.611. The molecule has 1 aromatic rings. The van der Waals surface area contributed by atoms with E-state index in [2.05, 4.69) is 29.4 Å².